The molecule has 390 valence electrons. The molecule has 9 atom stereocenters. The van der Waals surface area contributed by atoms with Gasteiger partial charge in [0.2, 0.25) is 33.9 Å². The van der Waals surface area contributed by atoms with Gasteiger partial charge in [-0.3, -0.25) is 0 Å². The molecule has 2 saturated carbocycles. The molecule has 4 aliphatic heterocycles. The highest BCUT2D eigenvalue weighted by molar-refractivity contribution is 7.18. The number of phenols is 2. The molecule has 0 radical (unpaired) electrons. The van der Waals surface area contributed by atoms with E-state index < -0.39 is 46.9 Å². The summed E-state index contributed by atoms with van der Waals surface area (Å²) in [4.78, 5) is 12.0. The Morgan fingerprint density at radius 1 is 0.622 bits per heavy atom. The summed E-state index contributed by atoms with van der Waals surface area (Å²) in [5.41, 5.74) is 0.853. The Kier molecular flexibility index (Phi) is 12.1. The van der Waals surface area contributed by atoms with E-state index in [9.17, 15) is 14.6 Å². The van der Waals surface area contributed by atoms with Gasteiger partial charge in [0.1, 0.15) is 23.8 Å². The summed E-state index contributed by atoms with van der Waals surface area (Å²) in [5.74, 6) is -1.43. The molecule has 4 aromatic heterocycles. The number of hydrogen-bond acceptors (Lipinski definition) is 16. The van der Waals surface area contributed by atoms with Gasteiger partial charge in [0.05, 0.1) is 36.9 Å². The van der Waals surface area contributed by atoms with Crippen molar-refractivity contribution >= 4 is 32.9 Å². The lowest BCUT2D eigenvalue weighted by Crippen LogP contribution is -2.74. The van der Waals surface area contributed by atoms with Crippen molar-refractivity contribution in [2.24, 2.45) is 5.92 Å². The van der Waals surface area contributed by atoms with Crippen molar-refractivity contribution in [2.45, 2.75) is 157 Å². The molecule has 4 saturated heterocycles. The zero-order valence-corrected chi connectivity index (χ0v) is 43.6. The van der Waals surface area contributed by atoms with Crippen LogP contribution in [0.1, 0.15) is 98.3 Å². The maximum absolute atomic E-state index is 17.3. The molecule has 20 heteroatoms. The van der Waals surface area contributed by atoms with Crippen LogP contribution in [0.25, 0.3) is 43.4 Å². The molecule has 0 amide bonds. The first-order chi connectivity index (χ1) is 35.4. The highest BCUT2D eigenvalue weighted by Gasteiger charge is 2.59. The predicted molar refractivity (Wildman–Crippen MR) is 277 cm³/mol. The fourth-order valence-electron chi connectivity index (χ4n) is 13.2. The van der Waals surface area contributed by atoms with Gasteiger partial charge in [-0.05, 0) is 151 Å². The zero-order chi connectivity index (χ0) is 51.5. The van der Waals surface area contributed by atoms with Gasteiger partial charge in [0, 0.05) is 58.5 Å². The number of nitrogens with zero attached hydrogens (tertiary/aromatic N) is 8. The third-order valence-electron chi connectivity index (χ3n) is 16.5. The van der Waals surface area contributed by atoms with Crippen LogP contribution in [0.4, 0.5) is 27.8 Å². The summed E-state index contributed by atoms with van der Waals surface area (Å²) in [5, 5.41) is 50.2. The number of aromatic nitrogens is 6. The third-order valence-corrected chi connectivity index (χ3v) is 18.4. The molecule has 6 aliphatic rings. The van der Waals surface area contributed by atoms with Crippen molar-refractivity contribution in [1.82, 2.24) is 41.0 Å². The molecule has 74 heavy (non-hydrogen) atoms. The maximum atomic E-state index is 17.3. The third kappa shape index (κ3) is 9.20. The lowest BCUT2D eigenvalue weighted by molar-refractivity contribution is -0.0315. The summed E-state index contributed by atoms with van der Waals surface area (Å²) < 4.78 is 74.6. The van der Waals surface area contributed by atoms with E-state index in [2.05, 4.69) is 64.6 Å². The number of phenolic OH excluding ortho intramolecular Hbond substituents is 2. The average molecular weight is 1050 g/mol. The van der Waals surface area contributed by atoms with E-state index in [0.717, 1.165) is 44.9 Å². The second-order valence-electron chi connectivity index (χ2n) is 22.7. The highest BCUT2D eigenvalue weighted by Crippen LogP contribution is 2.51. The summed E-state index contributed by atoms with van der Waals surface area (Å²) >= 11 is 2.65. The number of fused-ring (bicyclic) bond motifs is 4. The van der Waals surface area contributed by atoms with Gasteiger partial charge in [-0.25, -0.2) is 8.78 Å². The molecule has 1 unspecified atom stereocenters. The number of nitrogens with one attached hydrogen (secondary N) is 2. The van der Waals surface area contributed by atoms with E-state index in [1.807, 2.05) is 13.8 Å². The standard InChI is InChI=1S/C54H60F4N10O4S2/c1-51-15-6-16-53(3,65-51)45(57)37(25-51)67(33-9-10-33)49-63-61-47(73-49)36-14-8-30(18-40(36)70)32-20-42(56)60-44(22-32)72-27-28-23-52(2)26-38(46(58)54(4,24-28)66-52)68(34-11-12-34)50-64-62-48(74-50)35-13-7-29(17-39(35)69)31-19-41(55)59-43(21-31)71-5/h7-8,13-14,17-22,28,33-34,37-38,45-46,65-66,69-70H,6,9-12,15-16,23-27H2,1-5H3/t28?,37-,38+,45-,46+,51-,52+,53+,54-/m1/s1. The minimum absolute atomic E-state index is 0.0516. The van der Waals surface area contributed by atoms with Crippen LogP contribution in [-0.2, 0) is 0 Å². The fourth-order valence-corrected chi connectivity index (χ4v) is 15.2. The fraction of sp³-hybridized carbons (Fsp3) is 0.519. The van der Waals surface area contributed by atoms with E-state index in [4.69, 9.17) is 9.47 Å². The van der Waals surface area contributed by atoms with Gasteiger partial charge in [-0.2, -0.15) is 18.7 Å². The van der Waals surface area contributed by atoms with Crippen LogP contribution in [-0.4, -0.2) is 113 Å². The van der Waals surface area contributed by atoms with E-state index in [-0.39, 0.29) is 59.4 Å². The molecule has 4 bridgehead atoms. The first-order valence-electron chi connectivity index (χ1n) is 25.7. The monoisotopic (exact) mass is 1050 g/mol. The van der Waals surface area contributed by atoms with Crippen molar-refractivity contribution in [1.29, 1.82) is 0 Å². The van der Waals surface area contributed by atoms with Crippen LogP contribution in [0.3, 0.4) is 0 Å². The van der Waals surface area contributed by atoms with Crippen molar-refractivity contribution < 1.29 is 37.2 Å². The quantitative estimate of drug-likeness (QED) is 0.0601. The van der Waals surface area contributed by atoms with Gasteiger partial charge in [-0.1, -0.05) is 34.8 Å². The molecule has 8 heterocycles. The first-order valence-corrected chi connectivity index (χ1v) is 27.3. The van der Waals surface area contributed by atoms with Crippen LogP contribution < -0.4 is 29.9 Å². The normalized spacial score (nSPS) is 30.5. The van der Waals surface area contributed by atoms with Crippen LogP contribution in [0.15, 0.2) is 60.7 Å². The summed E-state index contributed by atoms with van der Waals surface area (Å²) in [6, 6.07) is 15.4. The Morgan fingerprint density at radius 3 is 1.68 bits per heavy atom. The number of aromatic hydroxyl groups is 2. The molecular weight excluding hydrogens is 993 g/mol. The summed E-state index contributed by atoms with van der Waals surface area (Å²) in [7, 11) is 1.41. The van der Waals surface area contributed by atoms with Gasteiger partial charge >= 0.3 is 0 Å². The number of pyridine rings is 2. The topological polar surface area (TPSA) is 167 Å². The summed E-state index contributed by atoms with van der Waals surface area (Å²) in [6.07, 6.45) is 6.48. The van der Waals surface area contributed by atoms with Crippen molar-refractivity contribution in [3.05, 3.63) is 72.6 Å². The van der Waals surface area contributed by atoms with E-state index in [0.29, 0.717) is 79.3 Å². The number of ether oxygens (including phenoxy) is 2. The molecule has 2 aromatic carbocycles. The molecular formula is C54H60F4N10O4S2. The highest BCUT2D eigenvalue weighted by atomic mass is 32.1. The lowest BCUT2D eigenvalue weighted by atomic mass is 9.64. The van der Waals surface area contributed by atoms with Crippen LogP contribution in [0, 0.1) is 17.8 Å². The maximum Gasteiger partial charge on any atom is 0.216 e. The molecule has 0 spiro atoms. The van der Waals surface area contributed by atoms with Gasteiger partial charge in [-0.15, -0.1) is 20.4 Å². The lowest BCUT2D eigenvalue weighted by Gasteiger charge is -2.59. The number of hydrogen-bond donors (Lipinski definition) is 4. The van der Waals surface area contributed by atoms with Crippen LogP contribution in [0.2, 0.25) is 0 Å². The number of benzene rings is 2. The molecule has 14 nitrogen and oxygen atoms in total. The van der Waals surface area contributed by atoms with Gasteiger partial charge in [0.15, 0.2) is 10.0 Å². The average Bonchev–Trinajstić information content (AvgIpc) is 4.28. The Bertz CT molecular complexity index is 3120. The van der Waals surface area contributed by atoms with Gasteiger partial charge in [0.25, 0.3) is 0 Å². The molecule has 4 N–H and O–H groups in total. The van der Waals surface area contributed by atoms with E-state index >= 15 is 13.2 Å². The Balaban J connectivity index is 0.718. The summed E-state index contributed by atoms with van der Waals surface area (Å²) in [6.45, 7) is 8.45. The molecule has 12 rings (SSSR count). The minimum atomic E-state index is -1.29. The predicted octanol–water partition coefficient (Wildman–Crippen LogP) is 10.6. The van der Waals surface area contributed by atoms with E-state index in [1.165, 1.54) is 48.0 Å². The van der Waals surface area contributed by atoms with Gasteiger partial charge < -0.3 is 40.1 Å². The first kappa shape index (κ1) is 49.2. The Morgan fingerprint density at radius 2 is 1.14 bits per heavy atom. The van der Waals surface area contributed by atoms with E-state index in [1.54, 1.807) is 42.5 Å². The van der Waals surface area contributed by atoms with Crippen LogP contribution >= 0.6 is 22.7 Å². The number of alkyl halides is 2. The molecule has 2 aliphatic carbocycles. The number of anilines is 2. The second kappa shape index (κ2) is 18.3. The second-order valence-corrected chi connectivity index (χ2v) is 24.7. The van der Waals surface area contributed by atoms with Crippen LogP contribution in [0.5, 0.6) is 23.3 Å². The number of halogens is 4. The number of piperidine rings is 4. The molecule has 6 aromatic rings. The largest absolute Gasteiger partial charge is 0.507 e. The zero-order valence-electron chi connectivity index (χ0n) is 41.9. The Hall–Kier alpha value is -5.70. The number of methoxy groups -OCH3 is 1. The Labute approximate surface area is 435 Å². The number of rotatable bonds is 14. The van der Waals surface area contributed by atoms with Crippen molar-refractivity contribution in [3.63, 3.8) is 0 Å². The molecule has 6 fully saturated rings. The minimum Gasteiger partial charge on any atom is -0.507 e. The smallest absolute Gasteiger partial charge is 0.216 e. The van der Waals surface area contributed by atoms with Crippen molar-refractivity contribution in [2.75, 3.05) is 23.5 Å². The van der Waals surface area contributed by atoms with Crippen molar-refractivity contribution in [3.8, 4) is 66.7 Å². The SMILES string of the molecule is COc1cc(-c2ccc(-c3nnc(N(C4CC4)[C@H]4C[C@]5(C)CC(COc6cc(-c7ccc(-c8nnc(N(C9CC9)[C@@H]9C[C@@]%10(C)CCC[C@](C)(N%10)[C@@H]9F)s8)c(O)c7)cc(F)n6)C[C@@](C)(N5)[C@H]4F)s3)c(O)c2)cc(F)n1.